The minimum Gasteiger partial charge on any atom is -0.325 e. The second-order valence-electron chi connectivity index (χ2n) is 6.35. The summed E-state index contributed by atoms with van der Waals surface area (Å²) in [7, 11) is 0. The first-order valence-electron chi connectivity index (χ1n) is 8.37. The maximum Gasteiger partial charge on any atom is 0.234 e. The van der Waals surface area contributed by atoms with Gasteiger partial charge in [-0.05, 0) is 61.9 Å². The van der Waals surface area contributed by atoms with E-state index in [9.17, 15) is 4.79 Å². The quantitative estimate of drug-likeness (QED) is 0.542. The van der Waals surface area contributed by atoms with E-state index in [1.54, 1.807) is 17.7 Å². The number of aryl methyl sites for hydroxylation is 4. The molecule has 1 aliphatic carbocycles. The zero-order valence-electron chi connectivity index (χ0n) is 14.3. The molecule has 0 radical (unpaired) electrons. The van der Waals surface area contributed by atoms with Gasteiger partial charge in [0.2, 0.25) is 5.91 Å². The first kappa shape index (κ1) is 16.5. The van der Waals surface area contributed by atoms with Crippen molar-refractivity contribution in [2.45, 2.75) is 38.1 Å². The molecule has 0 fully saturated rings. The Hall–Kier alpha value is -1.92. The van der Waals surface area contributed by atoms with Gasteiger partial charge < -0.3 is 5.32 Å². The minimum atomic E-state index is -0.00751. The van der Waals surface area contributed by atoms with Crippen LogP contribution in [-0.2, 0) is 17.6 Å². The van der Waals surface area contributed by atoms with Gasteiger partial charge in [0, 0.05) is 16.0 Å². The molecule has 6 heteroatoms. The second kappa shape index (κ2) is 6.77. The van der Waals surface area contributed by atoms with Crippen molar-refractivity contribution in [3.05, 3.63) is 46.1 Å². The number of carbonyl (C=O) groups excluding carboxylic acids is 1. The van der Waals surface area contributed by atoms with E-state index in [1.807, 2.05) is 18.2 Å². The van der Waals surface area contributed by atoms with Gasteiger partial charge in [-0.25, -0.2) is 9.97 Å². The third kappa shape index (κ3) is 3.28. The Labute approximate surface area is 155 Å². The van der Waals surface area contributed by atoms with E-state index in [0.717, 1.165) is 28.4 Å². The van der Waals surface area contributed by atoms with Crippen molar-refractivity contribution in [3.8, 4) is 0 Å². The van der Waals surface area contributed by atoms with E-state index < -0.39 is 0 Å². The molecule has 0 saturated carbocycles. The fourth-order valence-corrected chi connectivity index (χ4v) is 5.28. The van der Waals surface area contributed by atoms with Crippen LogP contribution in [0, 0.1) is 13.8 Å². The molecule has 0 bridgehead atoms. The number of carbonyl (C=O) groups is 1. The highest BCUT2D eigenvalue weighted by Crippen LogP contribution is 2.39. The van der Waals surface area contributed by atoms with Gasteiger partial charge >= 0.3 is 0 Å². The number of hydrogen-bond donors (Lipinski definition) is 1. The molecule has 4 nitrogen and oxygen atoms in total. The van der Waals surface area contributed by atoms with Gasteiger partial charge in [0.1, 0.15) is 16.2 Å². The summed E-state index contributed by atoms with van der Waals surface area (Å²) >= 11 is 3.27. The fraction of sp³-hybridized carbons (Fsp3) is 0.316. The Kier molecular flexibility index (Phi) is 4.48. The predicted molar refractivity (Wildman–Crippen MR) is 105 cm³/mol. The molecular weight excluding hydrogens is 350 g/mol. The molecule has 128 valence electrons. The standard InChI is InChI=1S/C19H19N3OS2/c1-11-6-7-13(8-12(11)2)22-16(23)9-24-18-17-14-4-3-5-15(14)25-19(17)21-10-20-18/h6-8,10H,3-5,9H2,1-2H3,(H,22,23). The Morgan fingerprint density at radius 3 is 2.96 bits per heavy atom. The van der Waals surface area contributed by atoms with Crippen LogP contribution in [0.3, 0.4) is 0 Å². The minimum absolute atomic E-state index is 0.00751. The third-order valence-corrected chi connectivity index (χ3v) is 6.79. The van der Waals surface area contributed by atoms with E-state index in [-0.39, 0.29) is 5.91 Å². The molecular formula is C19H19N3OS2. The smallest absolute Gasteiger partial charge is 0.234 e. The molecule has 3 aromatic rings. The van der Waals surface area contributed by atoms with Crippen LogP contribution in [0.15, 0.2) is 29.6 Å². The number of benzene rings is 1. The van der Waals surface area contributed by atoms with Gasteiger partial charge in [0.25, 0.3) is 0 Å². The molecule has 0 aliphatic heterocycles. The number of nitrogens with zero attached hydrogens (tertiary/aromatic N) is 2. The van der Waals surface area contributed by atoms with Gasteiger partial charge in [-0.2, -0.15) is 0 Å². The highest BCUT2D eigenvalue weighted by atomic mass is 32.2. The van der Waals surface area contributed by atoms with E-state index in [0.29, 0.717) is 5.75 Å². The highest BCUT2D eigenvalue weighted by Gasteiger charge is 2.21. The van der Waals surface area contributed by atoms with Gasteiger partial charge in [-0.1, -0.05) is 17.8 Å². The molecule has 4 rings (SSSR count). The van der Waals surface area contributed by atoms with Gasteiger partial charge in [0.05, 0.1) is 5.75 Å². The summed E-state index contributed by atoms with van der Waals surface area (Å²) < 4.78 is 0. The number of thioether (sulfide) groups is 1. The van der Waals surface area contributed by atoms with Crippen LogP contribution < -0.4 is 5.32 Å². The van der Waals surface area contributed by atoms with Crippen molar-refractivity contribution in [1.82, 2.24) is 9.97 Å². The number of nitrogens with one attached hydrogen (secondary N) is 1. The first-order valence-corrected chi connectivity index (χ1v) is 10.2. The normalized spacial score (nSPS) is 13.2. The number of thiophene rings is 1. The second-order valence-corrected chi connectivity index (χ2v) is 8.40. The van der Waals surface area contributed by atoms with Gasteiger partial charge in [0.15, 0.2) is 0 Å². The number of rotatable bonds is 4. The van der Waals surface area contributed by atoms with Crippen molar-refractivity contribution >= 4 is 44.9 Å². The van der Waals surface area contributed by atoms with Gasteiger partial charge in [-0.15, -0.1) is 11.3 Å². The Morgan fingerprint density at radius 1 is 1.24 bits per heavy atom. The van der Waals surface area contributed by atoms with Crippen LogP contribution in [0.1, 0.15) is 28.0 Å². The summed E-state index contributed by atoms with van der Waals surface area (Å²) in [5, 5.41) is 5.07. The summed E-state index contributed by atoms with van der Waals surface area (Å²) in [5.74, 6) is 0.343. The van der Waals surface area contributed by atoms with Crippen molar-refractivity contribution < 1.29 is 4.79 Å². The molecule has 2 heterocycles. The number of aromatic nitrogens is 2. The molecule has 1 aliphatic rings. The van der Waals surface area contributed by atoms with Crippen LogP contribution >= 0.6 is 23.1 Å². The maximum atomic E-state index is 12.3. The molecule has 0 atom stereocenters. The number of amides is 1. The Morgan fingerprint density at radius 2 is 2.12 bits per heavy atom. The third-order valence-electron chi connectivity index (χ3n) is 4.60. The number of anilines is 1. The molecule has 1 amide bonds. The lowest BCUT2D eigenvalue weighted by molar-refractivity contribution is -0.113. The lowest BCUT2D eigenvalue weighted by atomic mass is 10.1. The first-order chi connectivity index (χ1) is 12.1. The number of hydrogen-bond acceptors (Lipinski definition) is 5. The Bertz CT molecular complexity index is 965. The monoisotopic (exact) mass is 369 g/mol. The van der Waals surface area contributed by atoms with Crippen molar-refractivity contribution in [3.63, 3.8) is 0 Å². The number of fused-ring (bicyclic) bond motifs is 3. The van der Waals surface area contributed by atoms with E-state index in [2.05, 4.69) is 29.1 Å². The largest absolute Gasteiger partial charge is 0.325 e. The van der Waals surface area contributed by atoms with Crippen LogP contribution in [-0.4, -0.2) is 21.6 Å². The SMILES string of the molecule is Cc1ccc(NC(=O)CSc2ncnc3sc4c(c23)CCC4)cc1C. The van der Waals surface area contributed by atoms with Crippen molar-refractivity contribution in [2.75, 3.05) is 11.1 Å². The summed E-state index contributed by atoms with van der Waals surface area (Å²) in [6.07, 6.45) is 5.07. The predicted octanol–water partition coefficient (Wildman–Crippen LogP) is 4.53. The molecule has 0 unspecified atom stereocenters. The highest BCUT2D eigenvalue weighted by molar-refractivity contribution is 8.00. The van der Waals surface area contributed by atoms with Crippen molar-refractivity contribution in [1.29, 1.82) is 0 Å². The maximum absolute atomic E-state index is 12.3. The van der Waals surface area contributed by atoms with Crippen LogP contribution in [0.25, 0.3) is 10.2 Å². The van der Waals surface area contributed by atoms with Crippen LogP contribution in [0.5, 0.6) is 0 Å². The van der Waals surface area contributed by atoms with Crippen LogP contribution in [0.2, 0.25) is 0 Å². The van der Waals surface area contributed by atoms with Crippen molar-refractivity contribution in [2.24, 2.45) is 0 Å². The van der Waals surface area contributed by atoms with E-state index in [4.69, 9.17) is 0 Å². The summed E-state index contributed by atoms with van der Waals surface area (Å²) in [4.78, 5) is 23.7. The molecule has 1 N–H and O–H groups in total. The molecule has 0 saturated heterocycles. The van der Waals surface area contributed by atoms with E-state index in [1.165, 1.54) is 45.1 Å². The average molecular weight is 370 g/mol. The van der Waals surface area contributed by atoms with Gasteiger partial charge in [-0.3, -0.25) is 4.79 Å². The van der Waals surface area contributed by atoms with E-state index >= 15 is 0 Å². The lowest BCUT2D eigenvalue weighted by Crippen LogP contribution is -2.14. The fourth-order valence-electron chi connectivity index (χ4n) is 3.16. The summed E-state index contributed by atoms with van der Waals surface area (Å²) in [6.45, 7) is 4.12. The lowest BCUT2D eigenvalue weighted by Gasteiger charge is -2.08. The summed E-state index contributed by atoms with van der Waals surface area (Å²) in [5.41, 5.74) is 4.65. The zero-order chi connectivity index (χ0) is 17.4. The Balaban J connectivity index is 1.48. The molecule has 0 spiro atoms. The van der Waals surface area contributed by atoms with Crippen LogP contribution in [0.4, 0.5) is 5.69 Å². The molecule has 2 aromatic heterocycles. The molecule has 1 aromatic carbocycles. The molecule has 25 heavy (non-hydrogen) atoms. The zero-order valence-corrected chi connectivity index (χ0v) is 15.9. The average Bonchev–Trinajstić information content (AvgIpc) is 3.17. The summed E-state index contributed by atoms with van der Waals surface area (Å²) in [6, 6.07) is 5.98. The topological polar surface area (TPSA) is 54.9 Å².